The van der Waals surface area contributed by atoms with Gasteiger partial charge in [-0.3, -0.25) is 20.2 Å². The Morgan fingerprint density at radius 3 is 1.97 bits per heavy atom. The Balaban J connectivity index is 2.46. The van der Waals surface area contributed by atoms with E-state index in [-0.39, 0.29) is 23.4 Å². The standard InChI is InChI=1S/C19H22N2O6S2/c1-4-16(22)28-10-8-26-18(24)20-14-7-6-13(3)15(12-14)21-19(25)27-9-11-29-17(23)5-2/h4-7,12H,1-2,8-11H2,3H3,(H,20,24)(H,21,25). The summed E-state index contributed by atoms with van der Waals surface area (Å²) in [5.41, 5.74) is 1.63. The van der Waals surface area contributed by atoms with E-state index in [0.29, 0.717) is 22.9 Å². The second-order valence-electron chi connectivity index (χ2n) is 5.29. The van der Waals surface area contributed by atoms with Crippen LogP contribution in [-0.2, 0) is 19.1 Å². The van der Waals surface area contributed by atoms with Gasteiger partial charge in [0.15, 0.2) is 0 Å². The van der Waals surface area contributed by atoms with Crippen LogP contribution in [0.2, 0.25) is 0 Å². The molecule has 0 unspecified atom stereocenters. The van der Waals surface area contributed by atoms with Crippen molar-refractivity contribution in [2.24, 2.45) is 0 Å². The molecule has 0 aromatic heterocycles. The number of rotatable bonds is 10. The summed E-state index contributed by atoms with van der Waals surface area (Å²) in [5.74, 6) is 0.642. The molecule has 0 aliphatic heterocycles. The molecule has 0 atom stereocenters. The van der Waals surface area contributed by atoms with E-state index in [9.17, 15) is 19.2 Å². The maximum absolute atomic E-state index is 11.9. The SMILES string of the molecule is C=CC(=O)SCCOC(=O)Nc1ccc(C)c(NC(=O)OCCSC(=O)C=C)c1. The van der Waals surface area contributed by atoms with Gasteiger partial charge in [0, 0.05) is 22.9 Å². The lowest BCUT2D eigenvalue weighted by molar-refractivity contribution is -0.107. The highest BCUT2D eigenvalue weighted by molar-refractivity contribution is 8.14. The third-order valence-corrected chi connectivity index (χ3v) is 4.82. The second-order valence-corrected chi connectivity index (χ2v) is 7.49. The first-order valence-corrected chi connectivity index (χ1v) is 10.4. The highest BCUT2D eigenvalue weighted by atomic mass is 32.2. The number of hydrogen-bond donors (Lipinski definition) is 2. The molecule has 156 valence electrons. The van der Waals surface area contributed by atoms with Crippen molar-refractivity contribution in [3.05, 3.63) is 49.1 Å². The second kappa shape index (κ2) is 13.5. The summed E-state index contributed by atoms with van der Waals surface area (Å²) in [7, 11) is 0. The van der Waals surface area contributed by atoms with Crippen LogP contribution in [0.3, 0.4) is 0 Å². The molecule has 10 heteroatoms. The Kier molecular flexibility index (Phi) is 11.3. The van der Waals surface area contributed by atoms with Gasteiger partial charge in [0.2, 0.25) is 10.2 Å². The van der Waals surface area contributed by atoms with Gasteiger partial charge in [0.05, 0.1) is 0 Å². The van der Waals surface area contributed by atoms with E-state index >= 15 is 0 Å². The Morgan fingerprint density at radius 1 is 0.931 bits per heavy atom. The number of ether oxygens (including phenoxy) is 2. The van der Waals surface area contributed by atoms with Crippen LogP contribution in [0, 0.1) is 6.92 Å². The summed E-state index contributed by atoms with van der Waals surface area (Å²) in [6.07, 6.45) is 1.02. The molecule has 2 amide bonds. The van der Waals surface area contributed by atoms with Crippen LogP contribution in [0.5, 0.6) is 0 Å². The third kappa shape index (κ3) is 10.4. The maximum atomic E-state index is 11.9. The zero-order valence-electron chi connectivity index (χ0n) is 15.9. The van der Waals surface area contributed by atoms with Crippen LogP contribution in [0.1, 0.15) is 5.56 Å². The quantitative estimate of drug-likeness (QED) is 0.417. The number of benzene rings is 1. The van der Waals surface area contributed by atoms with Crippen LogP contribution < -0.4 is 10.6 Å². The highest BCUT2D eigenvalue weighted by Gasteiger charge is 2.10. The average Bonchev–Trinajstić information content (AvgIpc) is 2.70. The van der Waals surface area contributed by atoms with Crippen LogP contribution >= 0.6 is 23.5 Å². The summed E-state index contributed by atoms with van der Waals surface area (Å²) in [6.45, 7) is 8.61. The molecule has 0 aliphatic rings. The minimum atomic E-state index is -0.682. The van der Waals surface area contributed by atoms with E-state index < -0.39 is 12.2 Å². The number of carbonyl (C=O) groups is 4. The molecule has 0 bridgehead atoms. The van der Waals surface area contributed by atoms with Gasteiger partial charge < -0.3 is 9.47 Å². The number of nitrogens with one attached hydrogen (secondary N) is 2. The molecular formula is C19H22N2O6S2. The molecule has 0 fully saturated rings. The largest absolute Gasteiger partial charge is 0.448 e. The van der Waals surface area contributed by atoms with Gasteiger partial charge in [-0.15, -0.1) is 0 Å². The normalized spacial score (nSPS) is 9.83. The van der Waals surface area contributed by atoms with Gasteiger partial charge >= 0.3 is 12.2 Å². The van der Waals surface area contributed by atoms with Crippen LogP contribution in [0.15, 0.2) is 43.5 Å². The fourth-order valence-corrected chi connectivity index (χ4v) is 2.78. The van der Waals surface area contributed by atoms with E-state index in [2.05, 4.69) is 23.8 Å². The number of amides is 2. The highest BCUT2D eigenvalue weighted by Crippen LogP contribution is 2.21. The summed E-state index contributed by atoms with van der Waals surface area (Å²) in [6, 6.07) is 4.92. The molecule has 1 aromatic carbocycles. The zero-order chi connectivity index (χ0) is 21.6. The molecule has 0 saturated carbocycles. The minimum Gasteiger partial charge on any atom is -0.448 e. The Hall–Kier alpha value is -2.72. The Morgan fingerprint density at radius 2 is 1.45 bits per heavy atom. The predicted molar refractivity (Wildman–Crippen MR) is 116 cm³/mol. The van der Waals surface area contributed by atoms with Crippen molar-refractivity contribution in [1.82, 2.24) is 0 Å². The number of carbonyl (C=O) groups excluding carboxylic acids is 4. The first kappa shape index (κ1) is 24.3. The smallest absolute Gasteiger partial charge is 0.411 e. The van der Waals surface area contributed by atoms with Crippen LogP contribution in [-0.4, -0.2) is 47.1 Å². The summed E-state index contributed by atoms with van der Waals surface area (Å²) < 4.78 is 9.98. The molecule has 1 aromatic rings. The molecule has 1 rings (SSSR count). The van der Waals surface area contributed by atoms with Gasteiger partial charge in [0.25, 0.3) is 0 Å². The lowest BCUT2D eigenvalue weighted by Gasteiger charge is -2.12. The molecule has 29 heavy (non-hydrogen) atoms. The van der Waals surface area contributed by atoms with Crippen molar-refractivity contribution in [2.45, 2.75) is 6.92 Å². The summed E-state index contributed by atoms with van der Waals surface area (Å²) in [4.78, 5) is 45.8. The molecular weight excluding hydrogens is 416 g/mol. The fraction of sp³-hybridized carbons (Fsp3) is 0.263. The van der Waals surface area contributed by atoms with Gasteiger partial charge in [0.1, 0.15) is 13.2 Å². The van der Waals surface area contributed by atoms with E-state index in [1.807, 2.05) is 0 Å². The Bertz CT molecular complexity index is 782. The van der Waals surface area contributed by atoms with E-state index in [1.165, 1.54) is 12.2 Å². The maximum Gasteiger partial charge on any atom is 0.411 e. The van der Waals surface area contributed by atoms with E-state index in [1.54, 1.807) is 25.1 Å². The van der Waals surface area contributed by atoms with Gasteiger partial charge in [-0.1, -0.05) is 42.7 Å². The van der Waals surface area contributed by atoms with Crippen molar-refractivity contribution < 1.29 is 28.7 Å². The van der Waals surface area contributed by atoms with E-state index in [4.69, 9.17) is 9.47 Å². The minimum absolute atomic E-state index is 0.0613. The Labute approximate surface area is 177 Å². The molecule has 0 radical (unpaired) electrons. The predicted octanol–water partition coefficient (Wildman–Crippen LogP) is 3.98. The summed E-state index contributed by atoms with van der Waals surface area (Å²) >= 11 is 2.00. The molecule has 0 spiro atoms. The summed E-state index contributed by atoms with van der Waals surface area (Å²) in [5, 5.41) is 4.73. The van der Waals surface area contributed by atoms with Crippen LogP contribution in [0.25, 0.3) is 0 Å². The molecule has 2 N–H and O–H groups in total. The first-order chi connectivity index (χ1) is 13.8. The lowest BCUT2D eigenvalue weighted by atomic mass is 10.2. The van der Waals surface area contributed by atoms with Gasteiger partial charge in [-0.2, -0.15) is 0 Å². The van der Waals surface area contributed by atoms with Crippen molar-refractivity contribution in [3.8, 4) is 0 Å². The van der Waals surface area contributed by atoms with Crippen LogP contribution in [0.4, 0.5) is 21.0 Å². The fourth-order valence-electron chi connectivity index (χ4n) is 1.81. The van der Waals surface area contributed by atoms with Crippen molar-refractivity contribution >= 4 is 57.3 Å². The van der Waals surface area contributed by atoms with E-state index in [0.717, 1.165) is 29.1 Å². The van der Waals surface area contributed by atoms with Crippen molar-refractivity contribution in [1.29, 1.82) is 0 Å². The number of hydrogen-bond acceptors (Lipinski definition) is 8. The topological polar surface area (TPSA) is 111 Å². The average molecular weight is 439 g/mol. The number of thioether (sulfide) groups is 2. The molecule has 0 heterocycles. The molecule has 0 saturated heterocycles. The van der Waals surface area contributed by atoms with Crippen molar-refractivity contribution in [3.63, 3.8) is 0 Å². The van der Waals surface area contributed by atoms with Gasteiger partial charge in [-0.25, -0.2) is 9.59 Å². The lowest BCUT2D eigenvalue weighted by Crippen LogP contribution is -2.18. The molecule has 8 nitrogen and oxygen atoms in total. The number of anilines is 2. The molecule has 0 aliphatic carbocycles. The number of aryl methyl sites for hydroxylation is 1. The van der Waals surface area contributed by atoms with Gasteiger partial charge in [-0.05, 0) is 36.8 Å². The van der Waals surface area contributed by atoms with Crippen molar-refractivity contribution in [2.75, 3.05) is 35.4 Å². The third-order valence-electron chi connectivity index (χ3n) is 3.18. The monoisotopic (exact) mass is 438 g/mol. The zero-order valence-corrected chi connectivity index (χ0v) is 17.5. The first-order valence-electron chi connectivity index (χ1n) is 8.42.